The van der Waals surface area contributed by atoms with E-state index in [0.29, 0.717) is 11.4 Å². The van der Waals surface area contributed by atoms with E-state index in [1.165, 1.54) is 11.8 Å². The van der Waals surface area contributed by atoms with Crippen molar-refractivity contribution in [2.75, 3.05) is 18.4 Å². The van der Waals surface area contributed by atoms with Crippen molar-refractivity contribution in [3.05, 3.63) is 46.4 Å². The molecule has 27 heavy (non-hydrogen) atoms. The Bertz CT molecular complexity index is 898. The third kappa shape index (κ3) is 4.11. The van der Waals surface area contributed by atoms with Gasteiger partial charge < -0.3 is 10.2 Å². The minimum Gasteiger partial charge on any atom is -0.358 e. The summed E-state index contributed by atoms with van der Waals surface area (Å²) in [6.45, 7) is 5.55. The molecule has 1 N–H and O–H groups in total. The van der Waals surface area contributed by atoms with E-state index >= 15 is 0 Å². The highest BCUT2D eigenvalue weighted by Crippen LogP contribution is 2.22. The number of amides is 1. The Morgan fingerprint density at radius 1 is 1.22 bits per heavy atom. The fourth-order valence-electron chi connectivity index (χ4n) is 3.12. The molecule has 1 amide bonds. The lowest BCUT2D eigenvalue weighted by Crippen LogP contribution is -2.31. The molecule has 1 aromatic carbocycles. The smallest absolute Gasteiger partial charge is 0.295 e. The average Bonchev–Trinajstić information content (AvgIpc) is 3.26. The Labute approximate surface area is 168 Å². The topological polar surface area (TPSA) is 59.3 Å². The van der Waals surface area contributed by atoms with E-state index in [0.717, 1.165) is 35.9 Å². The number of thioether (sulfide) groups is 1. The summed E-state index contributed by atoms with van der Waals surface area (Å²) in [5, 5.41) is 2.44. The summed E-state index contributed by atoms with van der Waals surface area (Å²) in [7, 11) is 1.81. The molecular formula is C19H24N4O2S2. The zero-order valence-electron chi connectivity index (χ0n) is 15.8. The van der Waals surface area contributed by atoms with Crippen LogP contribution < -0.4 is 10.9 Å². The normalized spacial score (nSPS) is 15.0. The van der Waals surface area contributed by atoms with Crippen LogP contribution in [0.5, 0.6) is 0 Å². The predicted molar refractivity (Wildman–Crippen MR) is 115 cm³/mol. The molecule has 0 spiro atoms. The van der Waals surface area contributed by atoms with E-state index in [2.05, 4.69) is 10.2 Å². The van der Waals surface area contributed by atoms with Gasteiger partial charge in [-0.05, 0) is 38.8 Å². The van der Waals surface area contributed by atoms with Crippen LogP contribution in [0.1, 0.15) is 25.5 Å². The molecule has 0 aliphatic carbocycles. The van der Waals surface area contributed by atoms with Crippen LogP contribution >= 0.6 is 24.0 Å². The zero-order valence-corrected chi connectivity index (χ0v) is 17.4. The molecule has 1 aliphatic heterocycles. The minimum absolute atomic E-state index is 0.215. The monoisotopic (exact) mass is 404 g/mol. The summed E-state index contributed by atoms with van der Waals surface area (Å²) in [6, 6.07) is 9.37. The van der Waals surface area contributed by atoms with Crippen LogP contribution in [0.3, 0.4) is 0 Å². The molecule has 2 aromatic rings. The molecule has 2 heterocycles. The molecule has 0 bridgehead atoms. The second kappa shape index (κ2) is 8.31. The van der Waals surface area contributed by atoms with Crippen molar-refractivity contribution in [2.45, 2.75) is 31.9 Å². The first-order valence-electron chi connectivity index (χ1n) is 9.00. The number of carbonyl (C=O) groups is 1. The van der Waals surface area contributed by atoms with Gasteiger partial charge in [-0.1, -0.05) is 42.2 Å². The third-order valence-electron chi connectivity index (χ3n) is 4.81. The van der Waals surface area contributed by atoms with E-state index in [-0.39, 0.29) is 16.7 Å². The largest absolute Gasteiger partial charge is 0.358 e. The van der Waals surface area contributed by atoms with Gasteiger partial charge in [0.1, 0.15) is 10.0 Å². The van der Waals surface area contributed by atoms with Crippen molar-refractivity contribution in [1.82, 2.24) is 14.3 Å². The number of carbonyl (C=O) groups excluding carboxylic acids is 1. The second-order valence-corrected chi connectivity index (χ2v) is 8.62. The van der Waals surface area contributed by atoms with E-state index < -0.39 is 0 Å². The van der Waals surface area contributed by atoms with Gasteiger partial charge in [-0.15, -0.1) is 0 Å². The average molecular weight is 405 g/mol. The van der Waals surface area contributed by atoms with Gasteiger partial charge >= 0.3 is 0 Å². The number of nitrogens with one attached hydrogen (secondary N) is 1. The van der Waals surface area contributed by atoms with Gasteiger partial charge in [-0.2, -0.15) is 0 Å². The minimum atomic E-state index is -0.373. The van der Waals surface area contributed by atoms with Gasteiger partial charge in [0.15, 0.2) is 0 Å². The van der Waals surface area contributed by atoms with Crippen molar-refractivity contribution in [1.29, 1.82) is 0 Å². The molecule has 144 valence electrons. The van der Waals surface area contributed by atoms with Gasteiger partial charge in [-0.25, -0.2) is 4.68 Å². The summed E-state index contributed by atoms with van der Waals surface area (Å²) in [5.41, 5.74) is 1.53. The summed E-state index contributed by atoms with van der Waals surface area (Å²) in [5.74, 6) is -0.215. The van der Waals surface area contributed by atoms with Gasteiger partial charge in [0.05, 0.1) is 16.6 Å². The molecule has 1 aromatic heterocycles. The number of hydrogen-bond acceptors (Lipinski definition) is 4. The molecule has 6 nitrogen and oxygen atoms in total. The number of benzene rings is 1. The molecule has 1 aliphatic rings. The molecule has 0 radical (unpaired) electrons. The summed E-state index contributed by atoms with van der Waals surface area (Å²) < 4.78 is 4.05. The van der Waals surface area contributed by atoms with Crippen LogP contribution in [-0.2, 0) is 11.8 Å². The molecule has 0 unspecified atom stereocenters. The highest BCUT2D eigenvalue weighted by molar-refractivity contribution is 8.23. The van der Waals surface area contributed by atoms with E-state index in [9.17, 15) is 9.59 Å². The van der Waals surface area contributed by atoms with Crippen molar-refractivity contribution in [3.63, 3.8) is 0 Å². The number of para-hydroxylation sites is 1. The first-order valence-corrected chi connectivity index (χ1v) is 10.3. The summed E-state index contributed by atoms with van der Waals surface area (Å²) in [4.78, 5) is 27.7. The summed E-state index contributed by atoms with van der Waals surface area (Å²) in [6.07, 6.45) is 2.28. The molecular weight excluding hydrogens is 380 g/mol. The van der Waals surface area contributed by atoms with Crippen LogP contribution in [0.15, 0.2) is 35.1 Å². The zero-order chi connectivity index (χ0) is 19.6. The van der Waals surface area contributed by atoms with E-state index in [1.54, 1.807) is 16.4 Å². The Balaban J connectivity index is 1.76. The first kappa shape index (κ1) is 19.7. The number of likely N-dealkylation sites (tertiary alicyclic amines) is 1. The van der Waals surface area contributed by atoms with Crippen LogP contribution in [0.25, 0.3) is 5.69 Å². The van der Waals surface area contributed by atoms with Crippen molar-refractivity contribution in [2.24, 2.45) is 7.05 Å². The Hall–Kier alpha value is -2.06. The Kier molecular flexibility index (Phi) is 6.06. The highest BCUT2D eigenvalue weighted by atomic mass is 32.2. The number of thiocarbonyl (C=S) groups is 1. The lowest BCUT2D eigenvalue weighted by atomic mass is 10.3. The van der Waals surface area contributed by atoms with Crippen LogP contribution in [0, 0.1) is 6.92 Å². The SMILES string of the molecule is Cc1c(NC(=O)[C@@H](C)SC(=S)N2CCCC2)c(=O)n(-c2ccccc2)n1C. The quantitative estimate of drug-likeness (QED) is 0.794. The van der Waals surface area contributed by atoms with Crippen molar-refractivity contribution in [3.8, 4) is 5.69 Å². The van der Waals surface area contributed by atoms with Gasteiger partial charge in [0, 0.05) is 20.1 Å². The first-order chi connectivity index (χ1) is 12.9. The summed E-state index contributed by atoms with van der Waals surface area (Å²) >= 11 is 6.83. The maximum absolute atomic E-state index is 12.9. The molecule has 8 heteroatoms. The number of rotatable bonds is 4. The molecule has 3 rings (SSSR count). The lowest BCUT2D eigenvalue weighted by Gasteiger charge is -2.20. The predicted octanol–water partition coefficient (Wildman–Crippen LogP) is 2.93. The van der Waals surface area contributed by atoms with Crippen LogP contribution in [0.4, 0.5) is 5.69 Å². The standard InChI is InChI=1S/C19H24N4O2S2/c1-13-16(18(25)23(21(13)3)15-9-5-4-6-10-15)20-17(24)14(2)27-19(26)22-11-7-8-12-22/h4-6,9-10,14H,7-8,11-12H2,1-3H3,(H,20,24)/t14-/m1/s1. The van der Waals surface area contributed by atoms with Gasteiger partial charge in [-0.3, -0.25) is 14.3 Å². The number of aromatic nitrogens is 2. The van der Waals surface area contributed by atoms with Gasteiger partial charge in [0.25, 0.3) is 5.56 Å². The molecule has 1 atom stereocenters. The maximum Gasteiger partial charge on any atom is 0.295 e. The molecule has 0 saturated carbocycles. The number of hydrogen-bond donors (Lipinski definition) is 1. The van der Waals surface area contributed by atoms with Gasteiger partial charge in [0.2, 0.25) is 5.91 Å². The fourth-order valence-corrected chi connectivity index (χ4v) is 4.53. The lowest BCUT2D eigenvalue weighted by molar-refractivity contribution is -0.115. The fraction of sp³-hybridized carbons (Fsp3) is 0.421. The van der Waals surface area contributed by atoms with Crippen molar-refractivity contribution < 1.29 is 4.79 Å². The highest BCUT2D eigenvalue weighted by Gasteiger charge is 2.24. The van der Waals surface area contributed by atoms with E-state index in [1.807, 2.05) is 44.2 Å². The third-order valence-corrected chi connectivity index (χ3v) is 6.39. The van der Waals surface area contributed by atoms with Crippen LogP contribution in [0.2, 0.25) is 0 Å². The molecule has 1 fully saturated rings. The van der Waals surface area contributed by atoms with E-state index in [4.69, 9.17) is 12.2 Å². The number of nitrogens with zero attached hydrogens (tertiary/aromatic N) is 3. The Morgan fingerprint density at radius 3 is 2.48 bits per heavy atom. The maximum atomic E-state index is 12.9. The number of anilines is 1. The second-order valence-electron chi connectivity index (χ2n) is 6.65. The molecule has 1 saturated heterocycles. The van der Waals surface area contributed by atoms with Crippen molar-refractivity contribution >= 4 is 39.9 Å². The van der Waals surface area contributed by atoms with Crippen LogP contribution in [-0.4, -0.2) is 42.8 Å². The Morgan fingerprint density at radius 2 is 1.85 bits per heavy atom.